The standard InChI is InChI=1S/C34H36F2N6O3S/c1-23-14-26(15-24(2)33(23)45-32(44)18-38-3)19-40-21-41(34-39-30(20-46-34)27-8-6-25(17-37)7-9-27)42(22-40,12-4-5-13-43)31-11-10-28(35)16-29(31)36/h6-11,14-16,20,22,38,43H,4-5,12-13,18-19,21H2,1-3H3/q+2. The molecule has 0 spiro atoms. The minimum Gasteiger partial charge on any atom is -0.425 e. The summed E-state index contributed by atoms with van der Waals surface area (Å²) in [6.45, 7) is 5.05. The predicted molar refractivity (Wildman–Crippen MR) is 174 cm³/mol. The van der Waals surface area contributed by atoms with Gasteiger partial charge in [0, 0.05) is 41.7 Å². The van der Waals surface area contributed by atoms with Crippen LogP contribution in [0.15, 0.2) is 60.0 Å². The van der Waals surface area contributed by atoms with Crippen molar-refractivity contribution >= 4 is 34.5 Å². The number of esters is 1. The zero-order valence-corrected chi connectivity index (χ0v) is 26.8. The molecule has 1 aliphatic rings. The number of aromatic nitrogens is 1. The highest BCUT2D eigenvalue weighted by molar-refractivity contribution is 7.14. The van der Waals surface area contributed by atoms with Crippen molar-refractivity contribution in [3.8, 4) is 23.1 Å². The molecule has 12 heteroatoms. The fourth-order valence-corrected chi connectivity index (χ4v) is 6.64. The topological polar surface area (TPSA) is 101 Å². The van der Waals surface area contributed by atoms with Crippen LogP contribution in [0.1, 0.15) is 35.1 Å². The van der Waals surface area contributed by atoms with E-state index in [9.17, 15) is 19.6 Å². The first-order valence-electron chi connectivity index (χ1n) is 14.9. The smallest absolute Gasteiger partial charge is 0.359 e. The van der Waals surface area contributed by atoms with Gasteiger partial charge < -0.3 is 15.2 Å². The number of hydrogen-bond donors (Lipinski definition) is 2. The molecule has 4 aromatic rings. The van der Waals surface area contributed by atoms with Gasteiger partial charge in [0.15, 0.2) is 12.4 Å². The molecule has 238 valence electrons. The average Bonchev–Trinajstić information content (AvgIpc) is 3.65. The van der Waals surface area contributed by atoms with E-state index in [1.165, 1.54) is 23.5 Å². The monoisotopic (exact) mass is 646 g/mol. The van der Waals surface area contributed by atoms with Crippen LogP contribution in [-0.4, -0.2) is 60.4 Å². The number of hydrogen-bond acceptors (Lipinski definition) is 8. The van der Waals surface area contributed by atoms with Crippen molar-refractivity contribution in [3.05, 3.63) is 93.9 Å². The molecule has 0 saturated heterocycles. The van der Waals surface area contributed by atoms with Gasteiger partial charge in [0.1, 0.15) is 18.1 Å². The Morgan fingerprint density at radius 1 is 1.15 bits per heavy atom. The van der Waals surface area contributed by atoms with Crippen molar-refractivity contribution in [2.75, 3.05) is 38.4 Å². The van der Waals surface area contributed by atoms with E-state index in [2.05, 4.69) is 16.0 Å². The fourth-order valence-electron chi connectivity index (χ4n) is 5.76. The van der Waals surface area contributed by atoms with E-state index in [1.54, 1.807) is 19.2 Å². The van der Waals surface area contributed by atoms with Gasteiger partial charge in [0.2, 0.25) is 10.8 Å². The number of halogens is 2. The van der Waals surface area contributed by atoms with Crippen LogP contribution in [0.2, 0.25) is 0 Å². The molecule has 0 fully saturated rings. The molecule has 1 unspecified atom stereocenters. The fraction of sp³-hybridized carbons (Fsp3) is 0.294. The molecule has 1 aliphatic heterocycles. The van der Waals surface area contributed by atoms with Crippen molar-refractivity contribution in [1.29, 1.82) is 5.26 Å². The summed E-state index contributed by atoms with van der Waals surface area (Å²) in [6.07, 6.45) is 3.00. The van der Waals surface area contributed by atoms with Crippen LogP contribution in [0.3, 0.4) is 0 Å². The molecule has 0 bridgehead atoms. The van der Waals surface area contributed by atoms with Crippen LogP contribution in [0.4, 0.5) is 19.6 Å². The highest BCUT2D eigenvalue weighted by Crippen LogP contribution is 2.38. The number of carbonyl (C=O) groups excluding carboxylic acids is 1. The molecule has 0 saturated carbocycles. The normalized spacial score (nSPS) is 15.9. The number of carbonyl (C=O) groups is 1. The zero-order valence-electron chi connectivity index (χ0n) is 26.0. The Balaban J connectivity index is 1.56. The number of benzene rings is 3. The van der Waals surface area contributed by atoms with Crippen LogP contribution in [0, 0.1) is 36.8 Å². The first-order valence-corrected chi connectivity index (χ1v) is 15.8. The van der Waals surface area contributed by atoms with E-state index in [4.69, 9.17) is 9.72 Å². The van der Waals surface area contributed by atoms with Crippen molar-refractivity contribution in [3.63, 3.8) is 0 Å². The SMILES string of the molecule is CNCC(=O)Oc1c(C)cc(C[N+]2=C[N+](CCCCO)(c3ccc(F)cc3F)N(c3nc(-c4ccc(C#N)cc4)cs3)C2)cc1C. The third-order valence-electron chi connectivity index (χ3n) is 7.80. The van der Waals surface area contributed by atoms with Crippen molar-refractivity contribution in [2.24, 2.45) is 0 Å². The van der Waals surface area contributed by atoms with Crippen molar-refractivity contribution in [2.45, 2.75) is 33.2 Å². The first-order chi connectivity index (χ1) is 22.2. The number of nitrogens with zero attached hydrogens (tertiary/aromatic N) is 5. The average molecular weight is 647 g/mol. The second-order valence-electron chi connectivity index (χ2n) is 11.2. The van der Waals surface area contributed by atoms with E-state index in [0.29, 0.717) is 54.7 Å². The lowest BCUT2D eigenvalue weighted by atomic mass is 10.1. The number of anilines is 1. The summed E-state index contributed by atoms with van der Waals surface area (Å²) in [5.74, 6) is -1.21. The Bertz CT molecular complexity index is 1780. The number of unbranched alkanes of at least 4 members (excludes halogenated alkanes) is 1. The highest BCUT2D eigenvalue weighted by atomic mass is 32.1. The molecule has 9 nitrogen and oxygen atoms in total. The number of thiazole rings is 1. The molecular weight excluding hydrogens is 610 g/mol. The number of aliphatic hydroxyl groups excluding tert-OH is 1. The second-order valence-corrected chi connectivity index (χ2v) is 12.1. The second kappa shape index (κ2) is 14.3. The third-order valence-corrected chi connectivity index (χ3v) is 8.65. The van der Waals surface area contributed by atoms with Gasteiger partial charge in [-0.1, -0.05) is 28.1 Å². The molecule has 3 aromatic carbocycles. The van der Waals surface area contributed by atoms with Crippen LogP contribution in [0.5, 0.6) is 5.75 Å². The molecule has 1 atom stereocenters. The quantitative estimate of drug-likeness (QED) is 0.0698. The Morgan fingerprint density at radius 3 is 2.54 bits per heavy atom. The number of nitriles is 1. The Labute approximate surface area is 270 Å². The number of nitrogens with one attached hydrogen (secondary N) is 1. The van der Waals surface area contributed by atoms with Crippen molar-refractivity contribution < 1.29 is 28.0 Å². The van der Waals surface area contributed by atoms with Gasteiger partial charge in [-0.25, -0.2) is 13.8 Å². The lowest BCUT2D eigenvalue weighted by molar-refractivity contribution is -0.531. The highest BCUT2D eigenvalue weighted by Gasteiger charge is 2.51. The Kier molecular flexibility index (Phi) is 10.2. The lowest BCUT2D eigenvalue weighted by Crippen LogP contribution is -2.59. The zero-order chi connectivity index (χ0) is 32.8. The number of ether oxygens (including phenoxy) is 1. The molecule has 0 aliphatic carbocycles. The molecule has 0 radical (unpaired) electrons. The minimum absolute atomic E-state index is 0.0144. The van der Waals surface area contributed by atoms with Gasteiger partial charge in [-0.05, 0) is 68.8 Å². The summed E-state index contributed by atoms with van der Waals surface area (Å²) >= 11 is 1.41. The van der Waals surface area contributed by atoms with Gasteiger partial charge in [-0.15, -0.1) is 5.01 Å². The minimum atomic E-state index is -0.685. The maximum Gasteiger partial charge on any atom is 0.359 e. The first kappa shape index (κ1) is 32.8. The molecule has 2 N–H and O–H groups in total. The van der Waals surface area contributed by atoms with Gasteiger partial charge in [-0.2, -0.15) is 9.84 Å². The number of aliphatic hydroxyl groups is 1. The summed E-state index contributed by atoms with van der Waals surface area (Å²) in [7, 11) is 1.68. The van der Waals surface area contributed by atoms with Gasteiger partial charge in [0.25, 0.3) is 6.67 Å². The predicted octanol–water partition coefficient (Wildman–Crippen LogP) is 5.42. The van der Waals surface area contributed by atoms with E-state index >= 15 is 4.39 Å². The summed E-state index contributed by atoms with van der Waals surface area (Å²) in [6, 6.07) is 16.8. The third kappa shape index (κ3) is 6.98. The van der Waals surface area contributed by atoms with Crippen LogP contribution in [-0.2, 0) is 11.3 Å². The molecule has 2 heterocycles. The largest absolute Gasteiger partial charge is 0.425 e. The summed E-state index contributed by atoms with van der Waals surface area (Å²) < 4.78 is 37.4. The van der Waals surface area contributed by atoms with E-state index < -0.39 is 11.6 Å². The van der Waals surface area contributed by atoms with Crippen molar-refractivity contribution in [1.82, 2.24) is 14.9 Å². The number of quaternary nitrogens is 1. The molecule has 1 aromatic heterocycles. The Morgan fingerprint density at radius 2 is 1.89 bits per heavy atom. The summed E-state index contributed by atoms with van der Waals surface area (Å²) in [5.41, 5.74) is 4.96. The Hall–Kier alpha value is -4.54. The maximum atomic E-state index is 15.7. The van der Waals surface area contributed by atoms with Crippen LogP contribution < -0.4 is 19.7 Å². The molecule has 0 amide bonds. The van der Waals surface area contributed by atoms with E-state index in [0.717, 1.165) is 28.3 Å². The maximum absolute atomic E-state index is 15.7. The van der Waals surface area contributed by atoms with Gasteiger partial charge in [-0.3, -0.25) is 4.79 Å². The lowest BCUT2D eigenvalue weighted by Gasteiger charge is -2.33. The number of rotatable bonds is 12. The van der Waals surface area contributed by atoms with Gasteiger partial charge >= 0.3 is 12.3 Å². The van der Waals surface area contributed by atoms with E-state index in [-0.39, 0.29) is 29.4 Å². The molecule has 46 heavy (non-hydrogen) atoms. The number of likely N-dealkylation sites (N-methyl/N-ethyl adjacent to an activating group) is 1. The molecule has 5 rings (SSSR count). The number of aryl methyl sites for hydroxylation is 2. The van der Waals surface area contributed by atoms with Gasteiger partial charge in [0.05, 0.1) is 23.9 Å². The van der Waals surface area contributed by atoms with E-state index in [1.807, 2.05) is 54.8 Å². The summed E-state index contributed by atoms with van der Waals surface area (Å²) in [5, 5.41) is 26.1. The van der Waals surface area contributed by atoms with Crippen LogP contribution >= 0.6 is 11.3 Å². The van der Waals surface area contributed by atoms with Crippen LogP contribution in [0.25, 0.3) is 11.3 Å². The summed E-state index contributed by atoms with van der Waals surface area (Å²) in [4.78, 5) is 17.1. The molecular formula is C34H36F2N6O3S+2.